The molecular formula is C15H30N2OS. The van der Waals surface area contributed by atoms with Crippen LogP contribution >= 0.6 is 11.8 Å². The topological polar surface area (TPSA) is 33.6 Å². The van der Waals surface area contributed by atoms with E-state index in [0.717, 1.165) is 24.9 Å². The molecule has 0 saturated carbocycles. The van der Waals surface area contributed by atoms with Crippen molar-refractivity contribution in [3.8, 4) is 0 Å². The highest BCUT2D eigenvalue weighted by atomic mass is 32.2. The zero-order valence-electron chi connectivity index (χ0n) is 12.6. The Balaban J connectivity index is 1.85. The Kier molecular flexibility index (Phi) is 10.3. The summed E-state index contributed by atoms with van der Waals surface area (Å²) < 4.78 is 5.84. The summed E-state index contributed by atoms with van der Waals surface area (Å²) in [5, 5.41) is 4.34. The number of ether oxygens (including phenoxy) is 1. The monoisotopic (exact) mass is 286 g/mol. The average molecular weight is 286 g/mol. The first-order chi connectivity index (χ1) is 9.36. The van der Waals surface area contributed by atoms with Gasteiger partial charge in [-0.1, -0.05) is 63.6 Å². The van der Waals surface area contributed by atoms with Gasteiger partial charge in [-0.2, -0.15) is 0 Å². The molecule has 1 atom stereocenters. The summed E-state index contributed by atoms with van der Waals surface area (Å²) in [6.07, 6.45) is 13.2. The quantitative estimate of drug-likeness (QED) is 0.620. The number of rotatable bonds is 10. The van der Waals surface area contributed by atoms with Crippen LogP contribution in [-0.4, -0.2) is 37.2 Å². The second-order valence-electron chi connectivity index (χ2n) is 5.20. The van der Waals surface area contributed by atoms with E-state index >= 15 is 0 Å². The van der Waals surface area contributed by atoms with Crippen molar-refractivity contribution in [2.75, 3.05) is 26.0 Å². The lowest BCUT2D eigenvalue weighted by Crippen LogP contribution is -2.39. The number of nitrogens with one attached hydrogen (secondary N) is 1. The van der Waals surface area contributed by atoms with E-state index in [1.807, 2.05) is 6.26 Å². The predicted molar refractivity (Wildman–Crippen MR) is 86.2 cm³/mol. The Bertz CT molecular complexity index is 246. The van der Waals surface area contributed by atoms with Crippen LogP contribution in [0.3, 0.4) is 0 Å². The highest BCUT2D eigenvalue weighted by Crippen LogP contribution is 2.09. The number of hydrogen-bond donors (Lipinski definition) is 1. The molecule has 1 aliphatic rings. The Hall–Kier alpha value is -0.220. The summed E-state index contributed by atoms with van der Waals surface area (Å²) in [7, 11) is 0. The van der Waals surface area contributed by atoms with Crippen LogP contribution < -0.4 is 5.32 Å². The third kappa shape index (κ3) is 8.53. The number of amidine groups is 1. The summed E-state index contributed by atoms with van der Waals surface area (Å²) in [5.41, 5.74) is 0. The highest BCUT2D eigenvalue weighted by molar-refractivity contribution is 8.13. The molecule has 0 fully saturated rings. The minimum atomic E-state index is 0.278. The van der Waals surface area contributed by atoms with Gasteiger partial charge in [0.2, 0.25) is 0 Å². The minimum Gasteiger partial charge on any atom is -0.374 e. The van der Waals surface area contributed by atoms with Gasteiger partial charge < -0.3 is 10.1 Å². The maximum absolute atomic E-state index is 5.84. The van der Waals surface area contributed by atoms with E-state index in [1.54, 1.807) is 11.8 Å². The van der Waals surface area contributed by atoms with Crippen molar-refractivity contribution in [3.63, 3.8) is 0 Å². The van der Waals surface area contributed by atoms with Crippen molar-refractivity contribution >= 4 is 16.9 Å². The van der Waals surface area contributed by atoms with Crippen LogP contribution in [0.1, 0.15) is 58.3 Å². The van der Waals surface area contributed by atoms with Crippen molar-refractivity contribution in [2.45, 2.75) is 64.4 Å². The molecule has 0 radical (unpaired) electrons. The molecule has 1 heterocycles. The fourth-order valence-corrected chi connectivity index (χ4v) is 2.67. The van der Waals surface area contributed by atoms with Gasteiger partial charge in [0.15, 0.2) is 5.17 Å². The molecule has 0 amide bonds. The molecule has 0 aromatic rings. The zero-order chi connectivity index (χ0) is 13.8. The maximum atomic E-state index is 5.84. The van der Waals surface area contributed by atoms with Crippen molar-refractivity contribution in [1.82, 2.24) is 5.32 Å². The summed E-state index contributed by atoms with van der Waals surface area (Å²) in [6.45, 7) is 4.89. The van der Waals surface area contributed by atoms with Gasteiger partial charge in [0.1, 0.15) is 0 Å². The van der Waals surface area contributed by atoms with Crippen LogP contribution in [-0.2, 0) is 4.74 Å². The summed E-state index contributed by atoms with van der Waals surface area (Å²) in [6, 6.07) is 0. The van der Waals surface area contributed by atoms with Crippen molar-refractivity contribution in [3.05, 3.63) is 0 Å². The molecule has 3 nitrogen and oxygen atoms in total. The number of thioether (sulfide) groups is 1. The average Bonchev–Trinajstić information content (AvgIpc) is 2.46. The van der Waals surface area contributed by atoms with Crippen molar-refractivity contribution < 1.29 is 4.74 Å². The predicted octanol–water partition coefficient (Wildman–Crippen LogP) is 3.83. The number of nitrogens with zero attached hydrogens (tertiary/aromatic N) is 1. The number of unbranched alkanes of at least 4 members (excludes halogenated alkanes) is 7. The Morgan fingerprint density at radius 1 is 1.16 bits per heavy atom. The van der Waals surface area contributed by atoms with E-state index in [0.29, 0.717) is 0 Å². The number of aliphatic imine (C=N–C) groups is 1. The van der Waals surface area contributed by atoms with Crippen molar-refractivity contribution in [2.24, 2.45) is 4.99 Å². The molecule has 1 rings (SSSR count). The van der Waals surface area contributed by atoms with E-state index < -0.39 is 0 Å². The molecule has 0 bridgehead atoms. The molecule has 0 spiro atoms. The Labute approximate surface area is 123 Å². The van der Waals surface area contributed by atoms with Crippen LogP contribution in [0.4, 0.5) is 0 Å². The van der Waals surface area contributed by atoms with Gasteiger partial charge in [-0.05, 0) is 12.7 Å². The van der Waals surface area contributed by atoms with Gasteiger partial charge in [-0.25, -0.2) is 0 Å². The molecule has 0 aromatic heterocycles. The lowest BCUT2D eigenvalue weighted by molar-refractivity contribution is 0.0572. The van der Waals surface area contributed by atoms with E-state index in [2.05, 4.69) is 17.2 Å². The van der Waals surface area contributed by atoms with Crippen LogP contribution in [0.2, 0.25) is 0 Å². The van der Waals surface area contributed by atoms with E-state index in [9.17, 15) is 0 Å². The smallest absolute Gasteiger partial charge is 0.156 e. The van der Waals surface area contributed by atoms with Crippen LogP contribution in [0.5, 0.6) is 0 Å². The summed E-state index contributed by atoms with van der Waals surface area (Å²) in [4.78, 5) is 4.43. The fourth-order valence-electron chi connectivity index (χ4n) is 2.24. The largest absolute Gasteiger partial charge is 0.374 e. The molecule has 19 heavy (non-hydrogen) atoms. The van der Waals surface area contributed by atoms with E-state index in [-0.39, 0.29) is 6.10 Å². The Morgan fingerprint density at radius 3 is 2.42 bits per heavy atom. The van der Waals surface area contributed by atoms with Crippen LogP contribution in [0.25, 0.3) is 0 Å². The molecule has 4 heteroatoms. The summed E-state index contributed by atoms with van der Waals surface area (Å²) in [5.74, 6) is 0. The van der Waals surface area contributed by atoms with Crippen LogP contribution in [0, 0.1) is 0 Å². The molecule has 1 aliphatic heterocycles. The molecule has 0 saturated heterocycles. The van der Waals surface area contributed by atoms with Gasteiger partial charge in [-0.15, -0.1) is 0 Å². The van der Waals surface area contributed by atoms with Crippen LogP contribution in [0.15, 0.2) is 4.99 Å². The molecule has 1 N–H and O–H groups in total. The minimum absolute atomic E-state index is 0.278. The normalized spacial score (nSPS) is 19.1. The third-order valence-corrected chi connectivity index (χ3v) is 4.12. The third-order valence-electron chi connectivity index (χ3n) is 3.46. The second kappa shape index (κ2) is 11.6. The molecule has 112 valence electrons. The van der Waals surface area contributed by atoms with Crippen molar-refractivity contribution in [1.29, 1.82) is 0 Å². The maximum Gasteiger partial charge on any atom is 0.156 e. The fraction of sp³-hybridized carbons (Fsp3) is 0.933. The number of hydrogen-bond acceptors (Lipinski definition) is 4. The highest BCUT2D eigenvalue weighted by Gasteiger charge is 2.14. The summed E-state index contributed by atoms with van der Waals surface area (Å²) >= 11 is 1.67. The SMILES string of the molecule is CCCCCCCCCCOC1CN=C(SC)NC1. The van der Waals surface area contributed by atoms with E-state index in [1.165, 1.54) is 51.4 Å². The molecule has 0 aromatic carbocycles. The molecular weight excluding hydrogens is 256 g/mol. The lowest BCUT2D eigenvalue weighted by atomic mass is 10.1. The Morgan fingerprint density at radius 2 is 1.84 bits per heavy atom. The zero-order valence-corrected chi connectivity index (χ0v) is 13.4. The first-order valence-corrected chi connectivity index (χ1v) is 9.03. The van der Waals surface area contributed by atoms with Gasteiger partial charge in [-0.3, -0.25) is 4.99 Å². The van der Waals surface area contributed by atoms with Gasteiger partial charge in [0, 0.05) is 13.2 Å². The van der Waals surface area contributed by atoms with Gasteiger partial charge in [0.05, 0.1) is 12.6 Å². The first-order valence-electron chi connectivity index (χ1n) is 7.80. The van der Waals surface area contributed by atoms with Gasteiger partial charge >= 0.3 is 0 Å². The standard InChI is InChI=1S/C15H30N2OS/c1-3-4-5-6-7-8-9-10-11-18-14-12-16-15(19-2)17-13-14/h14H,3-13H2,1-2H3,(H,16,17). The first kappa shape index (κ1) is 16.8. The molecule has 0 aliphatic carbocycles. The van der Waals surface area contributed by atoms with E-state index in [4.69, 9.17) is 4.74 Å². The van der Waals surface area contributed by atoms with Gasteiger partial charge in [0.25, 0.3) is 0 Å². The molecule has 1 unspecified atom stereocenters. The lowest BCUT2D eigenvalue weighted by Gasteiger charge is -2.22. The second-order valence-corrected chi connectivity index (χ2v) is 5.99.